The molecule has 0 saturated carbocycles. The number of hydrogen-bond acceptors (Lipinski definition) is 3. The second-order valence-electron chi connectivity index (χ2n) is 4.49. The number of rotatable bonds is 3. The monoisotopic (exact) mass is 305 g/mol. The van der Waals surface area contributed by atoms with Crippen molar-refractivity contribution in [2.24, 2.45) is 5.73 Å². The maximum absolute atomic E-state index is 5.82. The Kier molecular flexibility index (Phi) is 4.09. The van der Waals surface area contributed by atoms with Crippen molar-refractivity contribution < 1.29 is 0 Å². The van der Waals surface area contributed by atoms with Crippen molar-refractivity contribution in [2.75, 3.05) is 0 Å². The lowest BCUT2D eigenvalue weighted by atomic mass is 10.1. The fourth-order valence-electron chi connectivity index (χ4n) is 1.83. The van der Waals surface area contributed by atoms with Crippen molar-refractivity contribution in [3.8, 4) is 11.4 Å². The number of aryl methyl sites for hydroxylation is 1. The average molecular weight is 306 g/mol. The molecule has 0 aliphatic carbocycles. The van der Waals surface area contributed by atoms with Crippen LogP contribution in [0.4, 0.5) is 0 Å². The highest BCUT2D eigenvalue weighted by Gasteiger charge is 2.09. The number of aromatic nitrogens is 2. The molecule has 0 amide bonds. The fourth-order valence-corrected chi connectivity index (χ4v) is 2.29. The molecule has 0 radical (unpaired) electrons. The Hall–Kier alpha value is -1.26. The van der Waals surface area contributed by atoms with Gasteiger partial charge in [-0.25, -0.2) is 9.97 Å². The first-order valence-electron chi connectivity index (χ1n) is 5.91. The van der Waals surface area contributed by atoms with Crippen LogP contribution in [0.15, 0.2) is 34.8 Å². The van der Waals surface area contributed by atoms with E-state index in [0.29, 0.717) is 0 Å². The van der Waals surface area contributed by atoms with Crippen LogP contribution >= 0.6 is 15.9 Å². The van der Waals surface area contributed by atoms with Crippen molar-refractivity contribution in [1.82, 2.24) is 9.97 Å². The van der Waals surface area contributed by atoms with E-state index in [4.69, 9.17) is 5.73 Å². The zero-order valence-corrected chi connectivity index (χ0v) is 12.1. The van der Waals surface area contributed by atoms with Crippen molar-refractivity contribution in [3.05, 3.63) is 46.2 Å². The van der Waals surface area contributed by atoms with Gasteiger partial charge >= 0.3 is 0 Å². The van der Waals surface area contributed by atoms with Crippen LogP contribution in [0.5, 0.6) is 0 Å². The number of nitrogens with zero attached hydrogens (tertiary/aromatic N) is 2. The zero-order chi connectivity index (χ0) is 13.1. The second kappa shape index (κ2) is 5.59. The summed E-state index contributed by atoms with van der Waals surface area (Å²) in [4.78, 5) is 9.07. The van der Waals surface area contributed by atoms with E-state index >= 15 is 0 Å². The summed E-state index contributed by atoms with van der Waals surface area (Å²) in [6, 6.07) is 10.1. The third kappa shape index (κ3) is 3.15. The van der Waals surface area contributed by atoms with E-state index in [2.05, 4.69) is 25.9 Å². The average Bonchev–Trinajstić information content (AvgIpc) is 2.27. The summed E-state index contributed by atoms with van der Waals surface area (Å²) >= 11 is 3.53. The molecule has 0 spiro atoms. The maximum atomic E-state index is 5.82. The minimum absolute atomic E-state index is 0.103. The molecule has 0 aliphatic rings. The fraction of sp³-hybridized carbons (Fsp3) is 0.286. The number of benzene rings is 1. The third-order valence-corrected chi connectivity index (χ3v) is 3.24. The molecule has 2 N–H and O–H groups in total. The van der Waals surface area contributed by atoms with Gasteiger partial charge in [0, 0.05) is 33.9 Å². The molecule has 2 aromatic rings. The molecule has 1 atom stereocenters. The lowest BCUT2D eigenvalue weighted by Gasteiger charge is -2.09. The van der Waals surface area contributed by atoms with Gasteiger partial charge < -0.3 is 5.73 Å². The molecule has 0 aliphatic heterocycles. The van der Waals surface area contributed by atoms with Crippen LogP contribution in [-0.4, -0.2) is 16.0 Å². The summed E-state index contributed by atoms with van der Waals surface area (Å²) in [5.74, 6) is 0.748. The van der Waals surface area contributed by atoms with E-state index in [1.165, 1.54) is 0 Å². The highest BCUT2D eigenvalue weighted by Crippen LogP contribution is 2.25. The van der Waals surface area contributed by atoms with E-state index < -0.39 is 0 Å². The van der Waals surface area contributed by atoms with Gasteiger partial charge in [0.15, 0.2) is 5.82 Å². The summed E-state index contributed by atoms with van der Waals surface area (Å²) in [5.41, 5.74) is 8.78. The summed E-state index contributed by atoms with van der Waals surface area (Å²) in [5, 5.41) is 0. The smallest absolute Gasteiger partial charge is 0.160 e. The second-order valence-corrected chi connectivity index (χ2v) is 5.34. The summed E-state index contributed by atoms with van der Waals surface area (Å²) in [6.07, 6.45) is 0.765. The van der Waals surface area contributed by atoms with Gasteiger partial charge in [-0.1, -0.05) is 34.1 Å². The minimum Gasteiger partial charge on any atom is -0.328 e. The van der Waals surface area contributed by atoms with E-state index in [-0.39, 0.29) is 6.04 Å². The molecule has 2 rings (SSSR count). The van der Waals surface area contributed by atoms with Crippen molar-refractivity contribution >= 4 is 15.9 Å². The lowest BCUT2D eigenvalue weighted by Crippen LogP contribution is -2.19. The highest BCUT2D eigenvalue weighted by molar-refractivity contribution is 9.10. The van der Waals surface area contributed by atoms with Gasteiger partial charge in [0.25, 0.3) is 0 Å². The molecule has 1 heterocycles. The van der Waals surface area contributed by atoms with Crippen LogP contribution < -0.4 is 5.73 Å². The van der Waals surface area contributed by atoms with Gasteiger partial charge in [-0.05, 0) is 26.0 Å². The van der Waals surface area contributed by atoms with Crippen LogP contribution in [0, 0.1) is 6.92 Å². The third-order valence-electron chi connectivity index (χ3n) is 2.55. The van der Waals surface area contributed by atoms with Gasteiger partial charge in [0.05, 0.1) is 0 Å². The van der Waals surface area contributed by atoms with Crippen molar-refractivity contribution in [2.45, 2.75) is 26.3 Å². The van der Waals surface area contributed by atoms with Crippen LogP contribution in [0.25, 0.3) is 11.4 Å². The summed E-state index contributed by atoms with van der Waals surface area (Å²) < 4.78 is 1.00. The molecular weight excluding hydrogens is 290 g/mol. The molecule has 0 fully saturated rings. The Labute approximate surface area is 116 Å². The molecule has 1 unspecified atom stereocenters. The van der Waals surface area contributed by atoms with Crippen molar-refractivity contribution in [3.63, 3.8) is 0 Å². The molecule has 18 heavy (non-hydrogen) atoms. The molecule has 0 bridgehead atoms. The van der Waals surface area contributed by atoms with E-state index in [9.17, 15) is 0 Å². The number of halogens is 1. The largest absolute Gasteiger partial charge is 0.328 e. The Balaban J connectivity index is 2.45. The topological polar surface area (TPSA) is 51.8 Å². The van der Waals surface area contributed by atoms with E-state index in [0.717, 1.165) is 33.7 Å². The molecule has 4 heteroatoms. The van der Waals surface area contributed by atoms with Gasteiger partial charge in [-0.2, -0.15) is 0 Å². The lowest BCUT2D eigenvalue weighted by molar-refractivity contribution is 0.719. The van der Waals surface area contributed by atoms with Gasteiger partial charge in [0.1, 0.15) is 0 Å². The summed E-state index contributed by atoms with van der Waals surface area (Å²) in [7, 11) is 0. The standard InChI is InChI=1S/C14H16BrN3/c1-9(16)7-11-8-10(2)17-14(18-11)12-5-3-4-6-13(12)15/h3-6,8-9H,7,16H2,1-2H3. The van der Waals surface area contributed by atoms with E-state index in [1.807, 2.05) is 44.2 Å². The molecular formula is C14H16BrN3. The maximum Gasteiger partial charge on any atom is 0.160 e. The minimum atomic E-state index is 0.103. The Bertz CT molecular complexity index is 552. The first kappa shape index (κ1) is 13.2. The zero-order valence-electron chi connectivity index (χ0n) is 10.5. The molecule has 3 nitrogen and oxygen atoms in total. The Morgan fingerprint density at radius 3 is 2.67 bits per heavy atom. The predicted molar refractivity (Wildman–Crippen MR) is 77.3 cm³/mol. The van der Waals surface area contributed by atoms with Gasteiger partial charge in [0.2, 0.25) is 0 Å². The first-order chi connectivity index (χ1) is 8.56. The van der Waals surface area contributed by atoms with Crippen LogP contribution in [0.2, 0.25) is 0 Å². The number of nitrogens with two attached hydrogens (primary N) is 1. The predicted octanol–water partition coefficient (Wildman–Crippen LogP) is 3.10. The molecule has 1 aromatic heterocycles. The highest BCUT2D eigenvalue weighted by atomic mass is 79.9. The van der Waals surface area contributed by atoms with Gasteiger partial charge in [-0.3, -0.25) is 0 Å². The number of hydrogen-bond donors (Lipinski definition) is 1. The Morgan fingerprint density at radius 1 is 1.28 bits per heavy atom. The molecule has 94 valence electrons. The van der Waals surface area contributed by atoms with Gasteiger partial charge in [-0.15, -0.1) is 0 Å². The normalized spacial score (nSPS) is 12.4. The Morgan fingerprint density at radius 2 is 2.00 bits per heavy atom. The van der Waals surface area contributed by atoms with Crippen LogP contribution in [0.3, 0.4) is 0 Å². The SMILES string of the molecule is Cc1cc(CC(C)N)nc(-c2ccccc2Br)n1. The van der Waals surface area contributed by atoms with Crippen LogP contribution in [0.1, 0.15) is 18.3 Å². The molecule has 0 saturated heterocycles. The summed E-state index contributed by atoms with van der Waals surface area (Å²) in [6.45, 7) is 3.96. The molecule has 1 aromatic carbocycles. The van der Waals surface area contributed by atoms with Crippen LogP contribution in [-0.2, 0) is 6.42 Å². The van der Waals surface area contributed by atoms with E-state index in [1.54, 1.807) is 0 Å². The first-order valence-corrected chi connectivity index (χ1v) is 6.70. The van der Waals surface area contributed by atoms with Crippen molar-refractivity contribution in [1.29, 1.82) is 0 Å². The quantitative estimate of drug-likeness (QED) is 0.948.